The lowest BCUT2D eigenvalue weighted by atomic mass is 9.98. The summed E-state index contributed by atoms with van der Waals surface area (Å²) in [6.07, 6.45) is 0.776. The number of carboxylic acid groups (broad SMARTS) is 1. The Morgan fingerprint density at radius 1 is 1.47 bits per heavy atom. The minimum Gasteiger partial charge on any atom is -0.478 e. The molecule has 6 nitrogen and oxygen atoms in total. The van der Waals surface area contributed by atoms with Gasteiger partial charge in [-0.25, -0.2) is 4.79 Å². The lowest BCUT2D eigenvalue weighted by Gasteiger charge is -2.36. The second-order valence-corrected chi connectivity index (χ2v) is 4.99. The number of benzene rings is 1. The first-order valence-electron chi connectivity index (χ1n) is 5.96. The molecule has 0 spiro atoms. The molecule has 1 N–H and O–H groups in total. The summed E-state index contributed by atoms with van der Waals surface area (Å²) in [5, 5.41) is 20.0. The van der Waals surface area contributed by atoms with Crippen LogP contribution in [0.3, 0.4) is 0 Å². The van der Waals surface area contributed by atoms with E-state index in [0.29, 0.717) is 5.69 Å². The first kappa shape index (κ1) is 14.9. The van der Waals surface area contributed by atoms with E-state index in [0.717, 1.165) is 6.42 Å². The normalized spacial score (nSPS) is 11.2. The van der Waals surface area contributed by atoms with Crippen LogP contribution in [-0.4, -0.2) is 28.6 Å². The molecule has 1 aromatic carbocycles. The summed E-state index contributed by atoms with van der Waals surface area (Å²) in [6.45, 7) is 5.87. The molecule has 0 amide bonds. The summed E-state index contributed by atoms with van der Waals surface area (Å²) in [7, 11) is 1.73. The summed E-state index contributed by atoms with van der Waals surface area (Å²) in [5.74, 6) is -1.10. The molecule has 6 heteroatoms. The molecule has 0 aliphatic carbocycles. The van der Waals surface area contributed by atoms with E-state index >= 15 is 0 Å². The number of nitrogens with zero attached hydrogens (tertiary/aromatic N) is 2. The number of hydrogen-bond donors (Lipinski definition) is 1. The smallest absolute Gasteiger partial charge is 0.335 e. The van der Waals surface area contributed by atoms with Gasteiger partial charge in [0.05, 0.1) is 10.5 Å². The fourth-order valence-corrected chi connectivity index (χ4v) is 1.64. The van der Waals surface area contributed by atoms with Crippen molar-refractivity contribution in [2.45, 2.75) is 32.7 Å². The third-order valence-electron chi connectivity index (χ3n) is 3.55. The van der Waals surface area contributed by atoms with Crippen LogP contribution < -0.4 is 4.90 Å². The van der Waals surface area contributed by atoms with Crippen molar-refractivity contribution in [2.75, 3.05) is 11.9 Å². The van der Waals surface area contributed by atoms with Crippen LogP contribution in [0.25, 0.3) is 0 Å². The first-order valence-corrected chi connectivity index (χ1v) is 5.96. The van der Waals surface area contributed by atoms with E-state index in [1.165, 1.54) is 18.2 Å². The van der Waals surface area contributed by atoms with E-state index < -0.39 is 10.9 Å². The maximum absolute atomic E-state index is 11.1. The highest BCUT2D eigenvalue weighted by Crippen LogP contribution is 2.33. The summed E-state index contributed by atoms with van der Waals surface area (Å²) < 4.78 is 0. The molecule has 104 valence electrons. The lowest BCUT2D eigenvalue weighted by molar-refractivity contribution is -0.384. The van der Waals surface area contributed by atoms with Crippen LogP contribution in [0.1, 0.15) is 37.6 Å². The van der Waals surface area contributed by atoms with Crippen LogP contribution >= 0.6 is 0 Å². The van der Waals surface area contributed by atoms with E-state index in [-0.39, 0.29) is 16.8 Å². The molecule has 19 heavy (non-hydrogen) atoms. The van der Waals surface area contributed by atoms with Crippen molar-refractivity contribution in [3.8, 4) is 0 Å². The number of rotatable bonds is 5. The maximum Gasteiger partial charge on any atom is 0.335 e. The van der Waals surface area contributed by atoms with Gasteiger partial charge in [-0.3, -0.25) is 10.1 Å². The zero-order chi connectivity index (χ0) is 14.8. The molecule has 1 aromatic rings. The van der Waals surface area contributed by atoms with E-state index in [1.54, 1.807) is 11.9 Å². The highest BCUT2D eigenvalue weighted by atomic mass is 16.6. The van der Waals surface area contributed by atoms with Crippen LogP contribution in [0.4, 0.5) is 11.4 Å². The van der Waals surface area contributed by atoms with Gasteiger partial charge in [0.25, 0.3) is 5.69 Å². The Labute approximate surface area is 111 Å². The predicted molar refractivity (Wildman–Crippen MR) is 72.8 cm³/mol. The van der Waals surface area contributed by atoms with Gasteiger partial charge >= 0.3 is 5.97 Å². The summed E-state index contributed by atoms with van der Waals surface area (Å²) in [6, 6.07) is 3.83. The number of anilines is 1. The highest BCUT2D eigenvalue weighted by molar-refractivity contribution is 5.90. The van der Waals surface area contributed by atoms with E-state index in [2.05, 4.69) is 0 Å². The quantitative estimate of drug-likeness (QED) is 0.654. The van der Waals surface area contributed by atoms with Gasteiger partial charge in [-0.1, -0.05) is 6.92 Å². The standard InChI is InChI=1S/C13H18N2O4/c1-5-13(2,3)14(4)11-8-9(12(16)17)6-7-10(11)15(18)19/h6-8H,5H2,1-4H3,(H,16,17). The number of carbonyl (C=O) groups is 1. The van der Waals surface area contributed by atoms with Gasteiger partial charge in [-0.05, 0) is 32.4 Å². The van der Waals surface area contributed by atoms with Gasteiger partial charge in [0.1, 0.15) is 5.69 Å². The molecule has 0 saturated carbocycles. The molecule has 0 fully saturated rings. The SMILES string of the molecule is CCC(C)(C)N(C)c1cc(C(=O)O)ccc1[N+](=O)[O-]. The third kappa shape index (κ3) is 3.01. The van der Waals surface area contributed by atoms with Crippen molar-refractivity contribution >= 4 is 17.3 Å². The minimum absolute atomic E-state index is 0.0411. The Morgan fingerprint density at radius 2 is 2.05 bits per heavy atom. The molecule has 1 rings (SSSR count). The third-order valence-corrected chi connectivity index (χ3v) is 3.55. The van der Waals surface area contributed by atoms with Crippen molar-refractivity contribution in [3.05, 3.63) is 33.9 Å². The second-order valence-electron chi connectivity index (χ2n) is 4.99. The van der Waals surface area contributed by atoms with E-state index in [4.69, 9.17) is 5.11 Å². The Morgan fingerprint density at radius 3 is 2.47 bits per heavy atom. The second kappa shape index (κ2) is 5.26. The molecule has 0 aromatic heterocycles. The Hall–Kier alpha value is -2.11. The Kier molecular flexibility index (Phi) is 4.14. The molecule has 0 saturated heterocycles. The Balaban J connectivity index is 3.40. The summed E-state index contributed by atoms with van der Waals surface area (Å²) >= 11 is 0. The molecule has 0 aliphatic heterocycles. The average molecular weight is 266 g/mol. The molecule has 0 unspecified atom stereocenters. The molecule has 0 heterocycles. The van der Waals surface area contributed by atoms with Crippen LogP contribution in [0, 0.1) is 10.1 Å². The number of nitro groups is 1. The van der Waals surface area contributed by atoms with Crippen molar-refractivity contribution in [1.29, 1.82) is 0 Å². The molecule has 0 bridgehead atoms. The van der Waals surface area contributed by atoms with Crippen LogP contribution in [-0.2, 0) is 0 Å². The van der Waals surface area contributed by atoms with Crippen LogP contribution in [0.5, 0.6) is 0 Å². The largest absolute Gasteiger partial charge is 0.478 e. The zero-order valence-electron chi connectivity index (χ0n) is 11.5. The molecular formula is C13H18N2O4. The maximum atomic E-state index is 11.1. The topological polar surface area (TPSA) is 83.7 Å². The minimum atomic E-state index is -1.10. The fourth-order valence-electron chi connectivity index (χ4n) is 1.64. The number of nitro benzene ring substituents is 1. The highest BCUT2D eigenvalue weighted by Gasteiger charge is 2.28. The lowest BCUT2D eigenvalue weighted by Crippen LogP contribution is -2.40. The van der Waals surface area contributed by atoms with E-state index in [1.807, 2.05) is 20.8 Å². The first-order chi connectivity index (χ1) is 8.70. The molecule has 0 aliphatic rings. The van der Waals surface area contributed by atoms with Gasteiger partial charge in [0.15, 0.2) is 0 Å². The average Bonchev–Trinajstić information content (AvgIpc) is 2.36. The monoisotopic (exact) mass is 266 g/mol. The summed E-state index contributed by atoms with van der Waals surface area (Å²) in [4.78, 5) is 23.3. The van der Waals surface area contributed by atoms with Crippen molar-refractivity contribution < 1.29 is 14.8 Å². The number of carboxylic acids is 1. The van der Waals surface area contributed by atoms with E-state index in [9.17, 15) is 14.9 Å². The fraction of sp³-hybridized carbons (Fsp3) is 0.462. The predicted octanol–water partition coefficient (Wildman–Crippen LogP) is 2.92. The number of hydrogen-bond acceptors (Lipinski definition) is 4. The molecule has 0 radical (unpaired) electrons. The van der Waals surface area contributed by atoms with Gasteiger partial charge < -0.3 is 10.0 Å². The number of aromatic carboxylic acids is 1. The van der Waals surface area contributed by atoms with Crippen LogP contribution in [0.2, 0.25) is 0 Å². The van der Waals surface area contributed by atoms with Gasteiger partial charge in [0, 0.05) is 18.7 Å². The van der Waals surface area contributed by atoms with Gasteiger partial charge in [-0.2, -0.15) is 0 Å². The van der Waals surface area contributed by atoms with Crippen LogP contribution in [0.15, 0.2) is 18.2 Å². The molecule has 0 atom stereocenters. The van der Waals surface area contributed by atoms with Gasteiger partial charge in [0.2, 0.25) is 0 Å². The van der Waals surface area contributed by atoms with Crippen molar-refractivity contribution in [3.63, 3.8) is 0 Å². The van der Waals surface area contributed by atoms with Crippen molar-refractivity contribution in [2.24, 2.45) is 0 Å². The summed E-state index contributed by atoms with van der Waals surface area (Å²) in [5.41, 5.74) is -0.0350. The molecular weight excluding hydrogens is 248 g/mol. The Bertz CT molecular complexity index is 511. The zero-order valence-corrected chi connectivity index (χ0v) is 11.5. The van der Waals surface area contributed by atoms with Gasteiger partial charge in [-0.15, -0.1) is 0 Å². The van der Waals surface area contributed by atoms with Crippen molar-refractivity contribution in [1.82, 2.24) is 0 Å².